The molecule has 0 bridgehead atoms. The molecule has 3 aromatic rings. The number of hydrogen-bond donors (Lipinski definition) is 1. The van der Waals surface area contributed by atoms with E-state index >= 15 is 0 Å². The minimum absolute atomic E-state index is 0.234. The van der Waals surface area contributed by atoms with Crippen LogP contribution in [0, 0.1) is 0 Å². The Hall–Kier alpha value is -3.28. The van der Waals surface area contributed by atoms with Crippen LogP contribution in [0.4, 0.5) is 0 Å². The van der Waals surface area contributed by atoms with E-state index in [9.17, 15) is 9.59 Å². The fourth-order valence-electron chi connectivity index (χ4n) is 2.61. The lowest BCUT2D eigenvalue weighted by Gasteiger charge is -2.15. The van der Waals surface area contributed by atoms with Crippen LogP contribution in [0.2, 0.25) is 0 Å². The van der Waals surface area contributed by atoms with Crippen molar-refractivity contribution in [1.82, 2.24) is 20.1 Å². The molecule has 2 aromatic heterocycles. The van der Waals surface area contributed by atoms with Gasteiger partial charge in [0, 0.05) is 30.6 Å². The Morgan fingerprint density at radius 1 is 1.08 bits per heavy atom. The van der Waals surface area contributed by atoms with Gasteiger partial charge in [0.2, 0.25) is 5.91 Å². The highest BCUT2D eigenvalue weighted by Gasteiger charge is 2.17. The Labute approximate surface area is 151 Å². The number of pyridine rings is 1. The molecule has 1 N–H and O–H groups in total. The second-order valence-corrected chi connectivity index (χ2v) is 5.94. The molecule has 1 atom stereocenters. The SMILES string of the molecule is CC(C(=O)NCCc1ccccc1)n1nc(-c2ccncc2)ccc1=O. The Morgan fingerprint density at radius 3 is 2.54 bits per heavy atom. The minimum atomic E-state index is -0.694. The molecule has 3 rings (SSSR count). The molecular formula is C20H20N4O2. The van der Waals surface area contributed by atoms with Crippen molar-refractivity contribution in [2.45, 2.75) is 19.4 Å². The smallest absolute Gasteiger partial charge is 0.267 e. The van der Waals surface area contributed by atoms with E-state index in [0.717, 1.165) is 17.5 Å². The first-order chi connectivity index (χ1) is 12.6. The summed E-state index contributed by atoms with van der Waals surface area (Å²) in [5, 5.41) is 7.21. The topological polar surface area (TPSA) is 76.9 Å². The van der Waals surface area contributed by atoms with Gasteiger partial charge in [-0.05, 0) is 37.1 Å². The second kappa shape index (κ2) is 8.20. The standard InChI is InChI=1S/C20H20N4O2/c1-15(20(26)22-14-9-16-5-3-2-4-6-16)24-19(25)8-7-18(23-24)17-10-12-21-13-11-17/h2-8,10-13,15H,9,14H2,1H3,(H,22,26). The van der Waals surface area contributed by atoms with E-state index in [1.807, 2.05) is 42.5 Å². The van der Waals surface area contributed by atoms with E-state index in [0.29, 0.717) is 12.2 Å². The van der Waals surface area contributed by atoms with Crippen molar-refractivity contribution >= 4 is 5.91 Å². The van der Waals surface area contributed by atoms with Crippen molar-refractivity contribution in [3.05, 3.63) is 82.9 Å². The summed E-state index contributed by atoms with van der Waals surface area (Å²) in [6, 6.07) is 15.9. The van der Waals surface area contributed by atoms with Gasteiger partial charge in [-0.1, -0.05) is 30.3 Å². The van der Waals surface area contributed by atoms with Gasteiger partial charge in [-0.2, -0.15) is 5.10 Å². The molecule has 132 valence electrons. The number of nitrogens with one attached hydrogen (secondary N) is 1. The maximum absolute atomic E-state index is 12.4. The van der Waals surface area contributed by atoms with Crippen LogP contribution >= 0.6 is 0 Å². The van der Waals surface area contributed by atoms with Crippen LogP contribution in [0.5, 0.6) is 0 Å². The van der Waals surface area contributed by atoms with Gasteiger partial charge in [0.15, 0.2) is 0 Å². The molecule has 2 heterocycles. The molecule has 0 saturated carbocycles. The number of benzene rings is 1. The van der Waals surface area contributed by atoms with E-state index in [4.69, 9.17) is 0 Å². The van der Waals surface area contributed by atoms with Crippen LogP contribution in [0.1, 0.15) is 18.5 Å². The van der Waals surface area contributed by atoms with Crippen molar-refractivity contribution in [2.75, 3.05) is 6.54 Å². The van der Waals surface area contributed by atoms with Crippen molar-refractivity contribution in [1.29, 1.82) is 0 Å². The van der Waals surface area contributed by atoms with Crippen molar-refractivity contribution in [2.24, 2.45) is 0 Å². The van der Waals surface area contributed by atoms with Gasteiger partial charge in [-0.3, -0.25) is 14.6 Å². The average molecular weight is 348 g/mol. The predicted molar refractivity (Wildman–Crippen MR) is 99.6 cm³/mol. The normalized spacial score (nSPS) is 11.7. The molecule has 6 nitrogen and oxygen atoms in total. The predicted octanol–water partition coefficient (Wildman–Crippen LogP) is 2.23. The Bertz CT molecular complexity index is 923. The summed E-state index contributed by atoms with van der Waals surface area (Å²) >= 11 is 0. The zero-order chi connectivity index (χ0) is 18.4. The number of amides is 1. The summed E-state index contributed by atoms with van der Waals surface area (Å²) in [7, 11) is 0. The van der Waals surface area contributed by atoms with Crippen LogP contribution in [0.3, 0.4) is 0 Å². The Balaban J connectivity index is 1.69. The molecule has 26 heavy (non-hydrogen) atoms. The zero-order valence-electron chi connectivity index (χ0n) is 14.5. The quantitative estimate of drug-likeness (QED) is 0.741. The summed E-state index contributed by atoms with van der Waals surface area (Å²) < 4.78 is 1.22. The highest BCUT2D eigenvalue weighted by Crippen LogP contribution is 2.14. The monoisotopic (exact) mass is 348 g/mol. The highest BCUT2D eigenvalue weighted by atomic mass is 16.2. The van der Waals surface area contributed by atoms with Crippen LogP contribution in [-0.2, 0) is 11.2 Å². The molecule has 6 heteroatoms. The number of aromatic nitrogens is 3. The van der Waals surface area contributed by atoms with Crippen molar-refractivity contribution < 1.29 is 4.79 Å². The number of hydrogen-bond acceptors (Lipinski definition) is 4. The summed E-state index contributed by atoms with van der Waals surface area (Å²) in [6.07, 6.45) is 4.05. The maximum Gasteiger partial charge on any atom is 0.267 e. The molecule has 0 aliphatic carbocycles. The lowest BCUT2D eigenvalue weighted by Crippen LogP contribution is -2.37. The molecule has 0 radical (unpaired) electrons. The number of carbonyl (C=O) groups excluding carboxylic acids is 1. The van der Waals surface area contributed by atoms with Gasteiger partial charge in [0.1, 0.15) is 6.04 Å². The first-order valence-corrected chi connectivity index (χ1v) is 8.47. The van der Waals surface area contributed by atoms with Crippen LogP contribution in [-0.4, -0.2) is 27.2 Å². The third kappa shape index (κ3) is 4.22. The molecule has 0 spiro atoms. The molecule has 1 aromatic carbocycles. The molecule has 0 fully saturated rings. The third-order valence-corrected chi connectivity index (χ3v) is 4.10. The first-order valence-electron chi connectivity index (χ1n) is 8.47. The number of nitrogens with zero attached hydrogens (tertiary/aromatic N) is 3. The minimum Gasteiger partial charge on any atom is -0.354 e. The fraction of sp³-hybridized carbons (Fsp3) is 0.200. The molecule has 0 saturated heterocycles. The van der Waals surface area contributed by atoms with E-state index < -0.39 is 6.04 Å². The van der Waals surface area contributed by atoms with Gasteiger partial charge in [-0.25, -0.2) is 4.68 Å². The summed E-state index contributed by atoms with van der Waals surface area (Å²) in [6.45, 7) is 2.18. The second-order valence-electron chi connectivity index (χ2n) is 5.94. The molecule has 0 aliphatic rings. The third-order valence-electron chi connectivity index (χ3n) is 4.10. The largest absolute Gasteiger partial charge is 0.354 e. The summed E-state index contributed by atoms with van der Waals surface area (Å²) in [5.74, 6) is -0.234. The Morgan fingerprint density at radius 2 is 1.81 bits per heavy atom. The lowest BCUT2D eigenvalue weighted by molar-refractivity contribution is -0.124. The van der Waals surface area contributed by atoms with Crippen molar-refractivity contribution in [3.63, 3.8) is 0 Å². The van der Waals surface area contributed by atoms with E-state index in [-0.39, 0.29) is 11.5 Å². The van der Waals surface area contributed by atoms with Gasteiger partial charge in [-0.15, -0.1) is 0 Å². The zero-order valence-corrected chi connectivity index (χ0v) is 14.5. The van der Waals surface area contributed by atoms with Gasteiger partial charge < -0.3 is 5.32 Å². The van der Waals surface area contributed by atoms with E-state index in [1.54, 1.807) is 25.4 Å². The molecule has 1 amide bonds. The van der Waals surface area contributed by atoms with Gasteiger partial charge in [0.05, 0.1) is 5.69 Å². The Kier molecular flexibility index (Phi) is 5.53. The van der Waals surface area contributed by atoms with Gasteiger partial charge in [0.25, 0.3) is 5.56 Å². The molecule has 0 aliphatic heterocycles. The van der Waals surface area contributed by atoms with Crippen LogP contribution in [0.15, 0.2) is 71.8 Å². The van der Waals surface area contributed by atoms with Crippen molar-refractivity contribution in [3.8, 4) is 11.3 Å². The van der Waals surface area contributed by atoms with E-state index in [2.05, 4.69) is 15.4 Å². The summed E-state index contributed by atoms with van der Waals surface area (Å²) in [5.41, 5.74) is 2.30. The van der Waals surface area contributed by atoms with E-state index in [1.165, 1.54) is 10.7 Å². The highest BCUT2D eigenvalue weighted by molar-refractivity contribution is 5.79. The fourth-order valence-corrected chi connectivity index (χ4v) is 2.61. The number of carbonyl (C=O) groups is 1. The summed E-state index contributed by atoms with van der Waals surface area (Å²) in [4.78, 5) is 28.5. The number of rotatable bonds is 6. The lowest BCUT2D eigenvalue weighted by atomic mass is 10.1. The first kappa shape index (κ1) is 17.5. The maximum atomic E-state index is 12.4. The van der Waals surface area contributed by atoms with Crippen LogP contribution in [0.25, 0.3) is 11.3 Å². The average Bonchev–Trinajstić information content (AvgIpc) is 2.69. The molecule has 1 unspecified atom stereocenters. The van der Waals surface area contributed by atoms with Gasteiger partial charge >= 0.3 is 0 Å². The molecular weight excluding hydrogens is 328 g/mol. The van der Waals surface area contributed by atoms with Crippen LogP contribution < -0.4 is 10.9 Å².